The molecular weight excluding hydrogens is 280 g/mol. The number of hydrogen-bond acceptors (Lipinski definition) is 7. The van der Waals surface area contributed by atoms with Crippen molar-refractivity contribution in [1.82, 2.24) is 4.90 Å². The molecule has 1 N–H and O–H groups in total. The van der Waals surface area contributed by atoms with Crippen molar-refractivity contribution in [3.05, 3.63) is 4.91 Å². The third-order valence-electron chi connectivity index (χ3n) is 2.55. The van der Waals surface area contributed by atoms with Gasteiger partial charge in [0.25, 0.3) is 0 Å². The molecule has 1 rings (SSSR count). The summed E-state index contributed by atoms with van der Waals surface area (Å²) >= 11 is 6.98. The standard InChI is InChI=1S/C9H15NO3S.HNO2S/c1-6(5-14)8(11)10-4-2-3-7(10)9(12)13;2-1-3-4/h6-7,14H,2-5H2,1H3,(H,12,13);4H/t6?,7-;/m0./s1. The predicted molar refractivity (Wildman–Crippen MR) is 71.3 cm³/mol. The second-order valence-electron chi connectivity index (χ2n) is 3.77. The summed E-state index contributed by atoms with van der Waals surface area (Å²) < 4.78 is 3.31. The van der Waals surface area contributed by atoms with Crippen LogP contribution < -0.4 is 0 Å². The van der Waals surface area contributed by atoms with Gasteiger partial charge in [-0.2, -0.15) is 12.6 Å². The second kappa shape index (κ2) is 9.03. The summed E-state index contributed by atoms with van der Waals surface area (Å²) in [4.78, 5) is 32.6. The van der Waals surface area contributed by atoms with Gasteiger partial charge in [-0.1, -0.05) is 6.92 Å². The Kier molecular flexibility index (Phi) is 8.55. The summed E-state index contributed by atoms with van der Waals surface area (Å²) in [7, 11) is 0. The Morgan fingerprint density at radius 3 is 2.56 bits per heavy atom. The number of amides is 1. The number of hydrogen-bond donors (Lipinski definition) is 3. The summed E-state index contributed by atoms with van der Waals surface area (Å²) in [5.41, 5.74) is 0. The Labute approximate surface area is 116 Å². The number of rotatable bonds is 4. The van der Waals surface area contributed by atoms with Gasteiger partial charge in [-0.05, 0) is 12.8 Å². The molecule has 9 heteroatoms. The van der Waals surface area contributed by atoms with Crippen LogP contribution in [0.15, 0.2) is 5.34 Å². The smallest absolute Gasteiger partial charge is 0.326 e. The lowest BCUT2D eigenvalue weighted by Gasteiger charge is -2.24. The molecule has 0 saturated carbocycles. The molecule has 0 aliphatic carbocycles. The number of carbonyl (C=O) groups is 2. The molecule has 0 aromatic heterocycles. The largest absolute Gasteiger partial charge is 0.480 e. The molecule has 1 heterocycles. The topological polar surface area (TPSA) is 96.3 Å². The van der Waals surface area contributed by atoms with Gasteiger partial charge in [0, 0.05) is 18.2 Å². The molecule has 7 nitrogen and oxygen atoms in total. The van der Waals surface area contributed by atoms with Crippen LogP contribution in [0.3, 0.4) is 0 Å². The van der Waals surface area contributed by atoms with Gasteiger partial charge in [0.15, 0.2) is 5.34 Å². The van der Waals surface area contributed by atoms with E-state index in [4.69, 9.17) is 10.0 Å². The van der Waals surface area contributed by atoms with Crippen LogP contribution in [0.5, 0.6) is 0 Å². The zero-order chi connectivity index (χ0) is 14.1. The first kappa shape index (κ1) is 17.0. The highest BCUT2D eigenvalue weighted by Gasteiger charge is 2.35. The van der Waals surface area contributed by atoms with E-state index in [9.17, 15) is 9.59 Å². The molecule has 18 heavy (non-hydrogen) atoms. The first-order chi connectivity index (χ1) is 8.49. The van der Waals surface area contributed by atoms with Crippen LogP contribution >= 0.6 is 25.5 Å². The van der Waals surface area contributed by atoms with Crippen molar-refractivity contribution in [2.75, 3.05) is 12.3 Å². The number of thiol groups is 2. The van der Waals surface area contributed by atoms with E-state index in [-0.39, 0.29) is 11.8 Å². The molecule has 1 aliphatic heterocycles. The monoisotopic (exact) mass is 296 g/mol. The number of nitrogens with zero attached hydrogens (tertiary/aromatic N) is 2. The molecule has 1 unspecified atom stereocenters. The predicted octanol–water partition coefficient (Wildman–Crippen LogP) is 1.16. The van der Waals surface area contributed by atoms with Crippen molar-refractivity contribution in [2.45, 2.75) is 25.8 Å². The molecule has 0 aromatic rings. The van der Waals surface area contributed by atoms with Gasteiger partial charge in [-0.15, -0.1) is 4.91 Å². The quantitative estimate of drug-likeness (QED) is 0.313. The van der Waals surface area contributed by atoms with Gasteiger partial charge < -0.3 is 10.0 Å². The maximum Gasteiger partial charge on any atom is 0.326 e. The Hall–Kier alpha value is -0.960. The fourth-order valence-electron chi connectivity index (χ4n) is 1.65. The van der Waals surface area contributed by atoms with Gasteiger partial charge in [0.2, 0.25) is 5.91 Å². The molecule has 0 bridgehead atoms. The first-order valence-electron chi connectivity index (χ1n) is 5.27. The Morgan fingerprint density at radius 2 is 2.17 bits per heavy atom. The highest BCUT2D eigenvalue weighted by Crippen LogP contribution is 2.20. The summed E-state index contributed by atoms with van der Waals surface area (Å²) in [6.45, 7) is 2.33. The van der Waals surface area contributed by atoms with Crippen LogP contribution in [0.2, 0.25) is 0 Å². The van der Waals surface area contributed by atoms with Crippen LogP contribution in [0.25, 0.3) is 0 Å². The summed E-state index contributed by atoms with van der Waals surface area (Å²) in [6, 6.07) is -0.621. The van der Waals surface area contributed by atoms with Gasteiger partial charge in [0.1, 0.15) is 6.04 Å². The lowest BCUT2D eigenvalue weighted by Crippen LogP contribution is -2.43. The molecule has 0 radical (unpaired) electrons. The first-order valence-corrected chi connectivity index (χ1v) is 6.26. The Morgan fingerprint density at radius 1 is 1.61 bits per heavy atom. The van der Waals surface area contributed by atoms with Crippen molar-refractivity contribution < 1.29 is 19.0 Å². The van der Waals surface area contributed by atoms with E-state index in [1.54, 1.807) is 6.92 Å². The second-order valence-corrected chi connectivity index (χ2v) is 4.30. The average molecular weight is 296 g/mol. The van der Waals surface area contributed by atoms with Crippen molar-refractivity contribution in [3.63, 3.8) is 0 Å². The van der Waals surface area contributed by atoms with E-state index in [2.05, 4.69) is 29.8 Å². The van der Waals surface area contributed by atoms with Crippen LogP contribution in [-0.2, 0) is 13.9 Å². The molecule has 1 saturated heterocycles. The maximum absolute atomic E-state index is 11.7. The molecule has 0 aromatic carbocycles. The van der Waals surface area contributed by atoms with Crippen LogP contribution in [0.4, 0.5) is 0 Å². The lowest BCUT2D eigenvalue weighted by molar-refractivity contribution is -0.149. The van der Waals surface area contributed by atoms with Crippen molar-refractivity contribution in [2.24, 2.45) is 11.3 Å². The molecule has 2 atom stereocenters. The van der Waals surface area contributed by atoms with E-state index >= 15 is 0 Å². The minimum atomic E-state index is -0.901. The van der Waals surface area contributed by atoms with Crippen LogP contribution in [-0.4, -0.2) is 40.2 Å². The van der Waals surface area contributed by atoms with Gasteiger partial charge >= 0.3 is 5.97 Å². The normalized spacial score (nSPS) is 19.5. The zero-order valence-corrected chi connectivity index (χ0v) is 11.6. The molecule has 1 aliphatic rings. The highest BCUT2D eigenvalue weighted by atomic mass is 32.1. The maximum atomic E-state index is 11.7. The Bertz CT molecular complexity index is 303. The van der Waals surface area contributed by atoms with Crippen molar-refractivity contribution in [3.8, 4) is 0 Å². The zero-order valence-electron chi connectivity index (χ0n) is 9.85. The van der Waals surface area contributed by atoms with E-state index in [1.165, 1.54) is 4.90 Å². The van der Waals surface area contributed by atoms with Crippen LogP contribution in [0.1, 0.15) is 19.8 Å². The van der Waals surface area contributed by atoms with Gasteiger partial charge in [-0.25, -0.2) is 4.79 Å². The fourth-order valence-corrected chi connectivity index (χ4v) is 1.80. The number of carboxylic acid groups (broad SMARTS) is 1. The average Bonchev–Trinajstić information content (AvgIpc) is 2.86. The molecule has 104 valence electrons. The van der Waals surface area contributed by atoms with Crippen LogP contribution in [0, 0.1) is 10.8 Å². The molecule has 0 spiro atoms. The van der Waals surface area contributed by atoms with E-state index in [1.807, 2.05) is 5.34 Å². The summed E-state index contributed by atoms with van der Waals surface area (Å²) in [6.07, 6.45) is 1.35. The summed E-state index contributed by atoms with van der Waals surface area (Å²) in [5.74, 6) is -0.729. The minimum Gasteiger partial charge on any atom is -0.480 e. The Balaban J connectivity index is 0.000000631. The fraction of sp³-hybridized carbons (Fsp3) is 0.778. The number of likely N-dealkylation sites (tertiary alicyclic amines) is 1. The molecule has 1 fully saturated rings. The molecule has 1 amide bonds. The van der Waals surface area contributed by atoms with Crippen molar-refractivity contribution >= 4 is 37.4 Å². The lowest BCUT2D eigenvalue weighted by atomic mass is 10.1. The number of carbonyl (C=O) groups excluding carboxylic acids is 1. The van der Waals surface area contributed by atoms with E-state index < -0.39 is 12.0 Å². The number of carboxylic acids is 1. The highest BCUT2D eigenvalue weighted by molar-refractivity contribution is 7.80. The summed E-state index contributed by atoms with van der Waals surface area (Å²) in [5, 5.41) is 10.7. The molecular formula is C9H16N2O5S2. The van der Waals surface area contributed by atoms with Crippen molar-refractivity contribution in [1.29, 1.82) is 0 Å². The minimum absolute atomic E-state index is 0.0927. The third-order valence-corrected chi connectivity index (χ3v) is 3.16. The van der Waals surface area contributed by atoms with E-state index in [0.717, 1.165) is 6.42 Å². The van der Waals surface area contributed by atoms with Gasteiger partial charge in [0.05, 0.1) is 12.9 Å². The third kappa shape index (κ3) is 5.13. The number of aliphatic carboxylic acids is 1. The van der Waals surface area contributed by atoms with E-state index in [0.29, 0.717) is 18.7 Å². The SMILES string of the molecule is CC(CS)C(=O)N1CCC[C@H]1C(=O)O.O=NOS. The van der Waals surface area contributed by atoms with Gasteiger partial charge in [-0.3, -0.25) is 9.08 Å².